The smallest absolute Gasteiger partial charge is 0.374 e. The maximum Gasteiger partial charge on any atom is 0.374 e. The summed E-state index contributed by atoms with van der Waals surface area (Å²) >= 11 is 0. The van der Waals surface area contributed by atoms with E-state index in [-0.39, 0.29) is 24.1 Å². The Hall–Kier alpha value is -3.31. The topological polar surface area (TPSA) is 139 Å². The highest BCUT2D eigenvalue weighted by atomic mass is 19.1. The molecule has 3 aromatic rings. The Labute approximate surface area is 171 Å². The molecule has 1 fully saturated rings. The van der Waals surface area contributed by atoms with Gasteiger partial charge in [-0.25, -0.2) is 13.9 Å². The molecule has 0 bridgehead atoms. The van der Waals surface area contributed by atoms with Crippen molar-refractivity contribution in [3.8, 4) is 17.1 Å². The van der Waals surface area contributed by atoms with E-state index in [0.29, 0.717) is 23.0 Å². The Morgan fingerprint density at radius 1 is 1.33 bits per heavy atom. The fourth-order valence-corrected chi connectivity index (χ4v) is 2.66. The lowest BCUT2D eigenvalue weighted by atomic mass is 10.1. The minimum absolute atomic E-state index is 0.0358. The van der Waals surface area contributed by atoms with Gasteiger partial charge in [0, 0.05) is 31.9 Å². The van der Waals surface area contributed by atoms with Gasteiger partial charge in [0.2, 0.25) is 5.76 Å². The predicted octanol–water partition coefficient (Wildman–Crippen LogP) is 2.01. The highest BCUT2D eigenvalue weighted by Gasteiger charge is 2.16. The van der Waals surface area contributed by atoms with Crippen molar-refractivity contribution in [2.24, 2.45) is 12.8 Å². The highest BCUT2D eigenvalue weighted by Crippen LogP contribution is 2.22. The highest BCUT2D eigenvalue weighted by molar-refractivity contribution is 5.84. The molecule has 11 heteroatoms. The molecule has 160 valence electrons. The zero-order valence-electron chi connectivity index (χ0n) is 16.3. The van der Waals surface area contributed by atoms with E-state index in [1.165, 1.54) is 22.9 Å². The molecular formula is C19H22FN5O5. The summed E-state index contributed by atoms with van der Waals surface area (Å²) in [5, 5.41) is 20.2. The number of ether oxygens (including phenoxy) is 2. The van der Waals surface area contributed by atoms with Gasteiger partial charge in [0.15, 0.2) is 0 Å². The number of aryl methyl sites for hydroxylation is 1. The Kier molecular flexibility index (Phi) is 7.09. The molecule has 1 aromatic carbocycles. The Morgan fingerprint density at radius 3 is 2.60 bits per heavy atom. The third-order valence-electron chi connectivity index (χ3n) is 4.38. The first kappa shape index (κ1) is 21.4. The molecule has 3 N–H and O–H groups in total. The van der Waals surface area contributed by atoms with Crippen LogP contribution in [0.3, 0.4) is 0 Å². The molecule has 2 aromatic heterocycles. The van der Waals surface area contributed by atoms with Crippen molar-refractivity contribution < 1.29 is 28.3 Å². The van der Waals surface area contributed by atoms with E-state index < -0.39 is 5.97 Å². The second kappa shape index (κ2) is 9.94. The second-order valence-corrected chi connectivity index (χ2v) is 6.59. The Morgan fingerprint density at radius 2 is 2.03 bits per heavy atom. The van der Waals surface area contributed by atoms with Gasteiger partial charge in [-0.2, -0.15) is 0 Å². The number of nitrogens with zero attached hydrogens (tertiary/aromatic N) is 4. The van der Waals surface area contributed by atoms with Crippen molar-refractivity contribution >= 4 is 5.97 Å². The molecule has 0 saturated carbocycles. The predicted molar refractivity (Wildman–Crippen MR) is 102 cm³/mol. The van der Waals surface area contributed by atoms with E-state index in [4.69, 9.17) is 20.3 Å². The monoisotopic (exact) mass is 419 g/mol. The molecule has 10 nitrogen and oxygen atoms in total. The number of hydrogen-bond donors (Lipinski definition) is 2. The van der Waals surface area contributed by atoms with Crippen LogP contribution in [0.15, 0.2) is 34.9 Å². The molecule has 1 aliphatic heterocycles. The number of benzene rings is 1. The number of carbonyl (C=O) groups is 1. The van der Waals surface area contributed by atoms with Crippen LogP contribution in [0.1, 0.15) is 29.1 Å². The lowest BCUT2D eigenvalue weighted by molar-refractivity contribution is 0.0651. The molecule has 0 spiro atoms. The molecule has 0 aliphatic carbocycles. The normalized spacial score (nSPS) is 14.1. The van der Waals surface area contributed by atoms with Crippen LogP contribution < -0.4 is 10.5 Å². The Bertz CT molecular complexity index is 966. The van der Waals surface area contributed by atoms with E-state index in [2.05, 4.69) is 20.0 Å². The van der Waals surface area contributed by atoms with Crippen LogP contribution >= 0.6 is 0 Å². The number of aromatic carboxylic acids is 1. The van der Waals surface area contributed by atoms with Gasteiger partial charge in [0.25, 0.3) is 5.88 Å². The summed E-state index contributed by atoms with van der Waals surface area (Å²) in [5.74, 6) is -1.86. The van der Waals surface area contributed by atoms with Crippen molar-refractivity contribution in [1.82, 2.24) is 20.2 Å². The van der Waals surface area contributed by atoms with Gasteiger partial charge >= 0.3 is 5.97 Å². The zero-order chi connectivity index (χ0) is 21.5. The first-order chi connectivity index (χ1) is 14.4. The molecule has 0 unspecified atom stereocenters. The summed E-state index contributed by atoms with van der Waals surface area (Å²) < 4.78 is 29.6. The number of halogens is 1. The second-order valence-electron chi connectivity index (χ2n) is 6.59. The van der Waals surface area contributed by atoms with Crippen LogP contribution in [0.25, 0.3) is 11.3 Å². The minimum Gasteiger partial charge on any atom is -0.475 e. The average Bonchev–Trinajstić information content (AvgIpc) is 3.35. The summed E-state index contributed by atoms with van der Waals surface area (Å²) in [4.78, 5) is 10.7. The van der Waals surface area contributed by atoms with E-state index in [1.807, 2.05) is 0 Å². The van der Waals surface area contributed by atoms with E-state index in [9.17, 15) is 9.18 Å². The molecule has 4 rings (SSSR count). The van der Waals surface area contributed by atoms with Crippen LogP contribution in [0.2, 0.25) is 0 Å². The lowest BCUT2D eigenvalue weighted by Gasteiger charge is -2.16. The summed E-state index contributed by atoms with van der Waals surface area (Å²) in [6.07, 6.45) is 2.08. The van der Waals surface area contributed by atoms with Crippen molar-refractivity contribution in [2.75, 3.05) is 13.2 Å². The zero-order valence-corrected chi connectivity index (χ0v) is 16.3. The summed E-state index contributed by atoms with van der Waals surface area (Å²) in [5.41, 5.74) is 7.40. The number of nitrogens with two attached hydrogens (primary N) is 1. The van der Waals surface area contributed by atoms with Crippen LogP contribution in [0.4, 0.5) is 4.39 Å². The molecular weight excluding hydrogens is 397 g/mol. The molecule has 1 saturated heterocycles. The van der Waals surface area contributed by atoms with Crippen LogP contribution in [-0.2, 0) is 18.4 Å². The SMILES string of the molecule is Cn1nnc(-c2ccc(F)cc2)c1COc1cc(C(=O)O)on1.NC1CCOCC1. The van der Waals surface area contributed by atoms with Crippen molar-refractivity contribution in [3.05, 3.63) is 47.6 Å². The quantitative estimate of drug-likeness (QED) is 0.636. The summed E-state index contributed by atoms with van der Waals surface area (Å²) in [6, 6.07) is 7.40. The average molecular weight is 419 g/mol. The summed E-state index contributed by atoms with van der Waals surface area (Å²) in [6.45, 7) is 1.77. The van der Waals surface area contributed by atoms with E-state index in [0.717, 1.165) is 26.1 Å². The number of carboxylic acids is 1. The standard InChI is InChI=1S/C14H11FN4O4.C5H11NO/c1-19-10(7-22-12-6-11(14(20)21)23-17-12)13(16-18-19)8-2-4-9(15)5-3-8;6-5-1-3-7-4-2-5/h2-6H,7H2,1H3,(H,20,21);5H,1-4,6H2. The van der Waals surface area contributed by atoms with Crippen LogP contribution in [0.5, 0.6) is 5.88 Å². The number of carboxylic acid groups (broad SMARTS) is 1. The minimum atomic E-state index is -1.23. The Balaban J connectivity index is 0.000000310. The molecule has 1 aliphatic rings. The van der Waals surface area contributed by atoms with Gasteiger partial charge in [-0.1, -0.05) is 5.21 Å². The van der Waals surface area contributed by atoms with Gasteiger partial charge < -0.3 is 24.8 Å². The van der Waals surface area contributed by atoms with Crippen LogP contribution in [-0.4, -0.2) is 50.5 Å². The molecule has 0 atom stereocenters. The third kappa shape index (κ3) is 5.61. The molecule has 3 heterocycles. The van der Waals surface area contributed by atoms with Crippen molar-refractivity contribution in [3.63, 3.8) is 0 Å². The molecule has 0 radical (unpaired) electrons. The first-order valence-electron chi connectivity index (χ1n) is 9.24. The largest absolute Gasteiger partial charge is 0.475 e. The van der Waals surface area contributed by atoms with Gasteiger partial charge in [-0.05, 0) is 42.3 Å². The van der Waals surface area contributed by atoms with Gasteiger partial charge in [-0.15, -0.1) is 5.10 Å². The van der Waals surface area contributed by atoms with Gasteiger partial charge in [-0.3, -0.25) is 0 Å². The third-order valence-corrected chi connectivity index (χ3v) is 4.38. The van der Waals surface area contributed by atoms with Crippen molar-refractivity contribution in [2.45, 2.75) is 25.5 Å². The molecule has 30 heavy (non-hydrogen) atoms. The maximum absolute atomic E-state index is 13.0. The fraction of sp³-hybridized carbons (Fsp3) is 0.368. The first-order valence-corrected chi connectivity index (χ1v) is 9.24. The fourth-order valence-electron chi connectivity index (χ4n) is 2.66. The van der Waals surface area contributed by atoms with E-state index in [1.54, 1.807) is 19.2 Å². The van der Waals surface area contributed by atoms with Crippen molar-refractivity contribution in [1.29, 1.82) is 0 Å². The molecule has 0 amide bonds. The maximum atomic E-state index is 13.0. The van der Waals surface area contributed by atoms with E-state index >= 15 is 0 Å². The lowest BCUT2D eigenvalue weighted by Crippen LogP contribution is -2.28. The summed E-state index contributed by atoms with van der Waals surface area (Å²) in [7, 11) is 1.68. The van der Waals surface area contributed by atoms with Gasteiger partial charge in [0.05, 0.1) is 6.07 Å². The number of rotatable bonds is 5. The number of hydrogen-bond acceptors (Lipinski definition) is 8. The van der Waals surface area contributed by atoms with Crippen LogP contribution in [0, 0.1) is 5.82 Å². The van der Waals surface area contributed by atoms with Gasteiger partial charge in [0.1, 0.15) is 23.8 Å². The number of aromatic nitrogens is 4.